The Morgan fingerprint density at radius 2 is 1.30 bits per heavy atom. The number of methoxy groups -OCH3 is 1. The zero-order valence-electron chi connectivity index (χ0n) is 18.5. The molecule has 0 atom stereocenters. The first-order valence-corrected chi connectivity index (χ1v) is 9.92. The fourth-order valence-electron chi connectivity index (χ4n) is 2.78. The Bertz CT molecular complexity index is 1020. The van der Waals surface area contributed by atoms with Crippen molar-refractivity contribution in [1.82, 2.24) is 0 Å². The lowest BCUT2D eigenvalue weighted by atomic mass is 10.1. The molecule has 0 bridgehead atoms. The number of rotatable bonds is 10. The van der Waals surface area contributed by atoms with Gasteiger partial charge in [0.25, 0.3) is 0 Å². The molecule has 2 rings (SSSR count). The van der Waals surface area contributed by atoms with E-state index in [1.54, 1.807) is 30.3 Å². The van der Waals surface area contributed by atoms with Crippen LogP contribution in [0.3, 0.4) is 0 Å². The minimum atomic E-state index is -0.506. The Labute approximate surface area is 191 Å². The second-order valence-corrected chi connectivity index (χ2v) is 6.90. The Morgan fingerprint density at radius 1 is 0.788 bits per heavy atom. The Morgan fingerprint density at radius 3 is 1.82 bits per heavy atom. The topological polar surface area (TPSA) is 116 Å². The molecule has 0 aliphatic rings. The van der Waals surface area contributed by atoms with Gasteiger partial charge in [-0.2, -0.15) is 0 Å². The molecule has 8 heteroatoms. The first-order chi connectivity index (χ1) is 15.7. The van der Waals surface area contributed by atoms with E-state index in [2.05, 4.69) is 0 Å². The molecule has 0 saturated heterocycles. The van der Waals surface area contributed by atoms with Crippen LogP contribution in [0.1, 0.15) is 37.0 Å². The lowest BCUT2D eigenvalue weighted by Crippen LogP contribution is -2.04. The molecule has 0 fully saturated rings. The predicted octanol–water partition coefficient (Wildman–Crippen LogP) is 3.29. The van der Waals surface area contributed by atoms with Crippen LogP contribution in [0, 0.1) is 0 Å². The molecule has 0 amide bonds. The SMILES string of the molecule is COc1cc(/C=C/C(=O)CC(=O)/C=C/c2ccc(OC(C)=O)c(CO)c2)ccc1OC(C)=O. The molecule has 172 valence electrons. The van der Waals surface area contributed by atoms with Crippen LogP contribution in [-0.4, -0.2) is 35.7 Å². The molecule has 0 spiro atoms. The summed E-state index contributed by atoms with van der Waals surface area (Å²) in [5.74, 6) is -0.943. The van der Waals surface area contributed by atoms with Crippen molar-refractivity contribution in [2.45, 2.75) is 26.9 Å². The fourth-order valence-corrected chi connectivity index (χ4v) is 2.78. The standard InChI is InChI=1S/C25H24O8/c1-16(27)32-23-10-6-18(12-20(23)15-26)4-8-21(29)14-22(30)9-5-19-7-11-24(33-17(2)28)25(13-19)31-3/h4-13,26H,14-15H2,1-3H3/b8-4+,9-5+. The van der Waals surface area contributed by atoms with E-state index in [-0.39, 0.29) is 24.5 Å². The van der Waals surface area contributed by atoms with Crippen molar-refractivity contribution in [3.63, 3.8) is 0 Å². The van der Waals surface area contributed by atoms with Crippen molar-refractivity contribution in [2.24, 2.45) is 0 Å². The molecule has 2 aromatic rings. The van der Waals surface area contributed by atoms with Gasteiger partial charge in [-0.15, -0.1) is 0 Å². The highest BCUT2D eigenvalue weighted by atomic mass is 16.6. The Balaban J connectivity index is 2.00. The van der Waals surface area contributed by atoms with Crippen molar-refractivity contribution in [2.75, 3.05) is 7.11 Å². The van der Waals surface area contributed by atoms with E-state index in [0.717, 1.165) is 0 Å². The van der Waals surface area contributed by atoms with E-state index >= 15 is 0 Å². The highest BCUT2D eigenvalue weighted by Gasteiger charge is 2.09. The number of ketones is 2. The largest absolute Gasteiger partial charge is 0.493 e. The highest BCUT2D eigenvalue weighted by Crippen LogP contribution is 2.28. The van der Waals surface area contributed by atoms with Gasteiger partial charge in [0.15, 0.2) is 23.1 Å². The summed E-state index contributed by atoms with van der Waals surface area (Å²) in [6.07, 6.45) is 5.26. The number of hydrogen-bond acceptors (Lipinski definition) is 8. The molecular formula is C25H24O8. The molecule has 0 saturated carbocycles. The van der Waals surface area contributed by atoms with E-state index in [1.807, 2.05) is 0 Å². The lowest BCUT2D eigenvalue weighted by Gasteiger charge is -2.08. The van der Waals surface area contributed by atoms with Crippen LogP contribution >= 0.6 is 0 Å². The zero-order chi connectivity index (χ0) is 24.4. The summed E-state index contributed by atoms with van der Waals surface area (Å²) in [7, 11) is 1.43. The number of carbonyl (C=O) groups excluding carboxylic acids is 4. The maximum Gasteiger partial charge on any atom is 0.308 e. The smallest absolute Gasteiger partial charge is 0.308 e. The van der Waals surface area contributed by atoms with Gasteiger partial charge in [0.05, 0.1) is 20.1 Å². The molecule has 1 N–H and O–H groups in total. The molecule has 0 aliphatic heterocycles. The Kier molecular flexibility index (Phi) is 9.26. The summed E-state index contributed by atoms with van der Waals surface area (Å²) >= 11 is 0. The third kappa shape index (κ3) is 8.19. The first kappa shape index (κ1) is 25.2. The lowest BCUT2D eigenvalue weighted by molar-refractivity contribution is -0.132. The van der Waals surface area contributed by atoms with E-state index in [1.165, 1.54) is 51.3 Å². The molecule has 8 nitrogen and oxygen atoms in total. The monoisotopic (exact) mass is 452 g/mol. The van der Waals surface area contributed by atoms with Crippen LogP contribution in [0.15, 0.2) is 48.6 Å². The van der Waals surface area contributed by atoms with E-state index < -0.39 is 23.5 Å². The average molecular weight is 452 g/mol. The van der Waals surface area contributed by atoms with Gasteiger partial charge >= 0.3 is 11.9 Å². The molecular weight excluding hydrogens is 428 g/mol. The van der Waals surface area contributed by atoms with Crippen LogP contribution in [-0.2, 0) is 25.8 Å². The molecule has 0 aliphatic carbocycles. The van der Waals surface area contributed by atoms with Gasteiger partial charge in [0, 0.05) is 19.4 Å². The quantitative estimate of drug-likeness (QED) is 0.253. The van der Waals surface area contributed by atoms with Gasteiger partial charge in [-0.05, 0) is 47.5 Å². The van der Waals surface area contributed by atoms with Crippen molar-refractivity contribution in [3.8, 4) is 17.2 Å². The second-order valence-electron chi connectivity index (χ2n) is 6.90. The van der Waals surface area contributed by atoms with Crippen molar-refractivity contribution < 1.29 is 38.5 Å². The van der Waals surface area contributed by atoms with Crippen molar-refractivity contribution in [3.05, 3.63) is 65.2 Å². The summed E-state index contributed by atoms with van der Waals surface area (Å²) in [6, 6.07) is 9.51. The minimum absolute atomic E-state index is 0.242. The maximum atomic E-state index is 12.1. The van der Waals surface area contributed by atoms with Crippen LogP contribution < -0.4 is 14.2 Å². The van der Waals surface area contributed by atoms with E-state index in [4.69, 9.17) is 14.2 Å². The van der Waals surface area contributed by atoms with Crippen LogP contribution in [0.4, 0.5) is 0 Å². The number of hydrogen-bond donors (Lipinski definition) is 1. The summed E-state index contributed by atoms with van der Waals surface area (Å²) in [5.41, 5.74) is 1.63. The molecule has 0 radical (unpaired) electrons. The summed E-state index contributed by atoms with van der Waals surface area (Å²) < 4.78 is 15.2. The van der Waals surface area contributed by atoms with E-state index in [9.17, 15) is 24.3 Å². The Hall–Kier alpha value is -4.04. The third-order valence-electron chi connectivity index (χ3n) is 4.22. The van der Waals surface area contributed by atoms with Gasteiger partial charge in [0.1, 0.15) is 5.75 Å². The highest BCUT2D eigenvalue weighted by molar-refractivity contribution is 6.10. The minimum Gasteiger partial charge on any atom is -0.493 e. The van der Waals surface area contributed by atoms with E-state index in [0.29, 0.717) is 22.4 Å². The molecule has 0 aromatic heterocycles. The first-order valence-electron chi connectivity index (χ1n) is 9.92. The molecule has 33 heavy (non-hydrogen) atoms. The average Bonchev–Trinajstić information content (AvgIpc) is 2.76. The number of carbonyl (C=O) groups is 4. The van der Waals surface area contributed by atoms with Gasteiger partial charge in [-0.25, -0.2) is 0 Å². The normalized spacial score (nSPS) is 10.9. The third-order valence-corrected chi connectivity index (χ3v) is 4.22. The van der Waals surface area contributed by atoms with Gasteiger partial charge < -0.3 is 19.3 Å². The summed E-state index contributed by atoms with van der Waals surface area (Å²) in [5, 5.41) is 9.43. The van der Waals surface area contributed by atoms with Crippen LogP contribution in [0.25, 0.3) is 12.2 Å². The number of allylic oxidation sites excluding steroid dienone is 2. The van der Waals surface area contributed by atoms with Gasteiger partial charge in [-0.3, -0.25) is 19.2 Å². The van der Waals surface area contributed by atoms with Crippen LogP contribution in [0.2, 0.25) is 0 Å². The predicted molar refractivity (Wildman–Crippen MR) is 121 cm³/mol. The number of esters is 2. The van der Waals surface area contributed by atoms with Gasteiger partial charge in [-0.1, -0.05) is 24.3 Å². The molecule has 0 heterocycles. The van der Waals surface area contributed by atoms with Crippen molar-refractivity contribution >= 4 is 35.7 Å². The summed E-state index contributed by atoms with van der Waals surface area (Å²) in [4.78, 5) is 46.5. The van der Waals surface area contributed by atoms with Crippen molar-refractivity contribution in [1.29, 1.82) is 0 Å². The zero-order valence-corrected chi connectivity index (χ0v) is 18.5. The number of benzene rings is 2. The number of aliphatic hydroxyl groups excluding tert-OH is 1. The fraction of sp³-hybridized carbons (Fsp3) is 0.200. The molecule has 2 aromatic carbocycles. The summed E-state index contributed by atoms with van der Waals surface area (Å²) in [6.45, 7) is 2.20. The number of aliphatic hydroxyl groups is 1. The van der Waals surface area contributed by atoms with Gasteiger partial charge in [0.2, 0.25) is 0 Å². The maximum absolute atomic E-state index is 12.1. The van der Waals surface area contributed by atoms with Crippen LogP contribution in [0.5, 0.6) is 17.2 Å². The second kappa shape index (κ2) is 12.1. The number of ether oxygens (including phenoxy) is 3. The molecule has 0 unspecified atom stereocenters.